The van der Waals surface area contributed by atoms with Crippen LogP contribution in [-0.4, -0.2) is 47.1 Å². The number of carbonyl (C=O) groups excluding carboxylic acids is 1. The van der Waals surface area contributed by atoms with Crippen LogP contribution < -0.4 is 4.90 Å². The van der Waals surface area contributed by atoms with E-state index in [1.807, 2.05) is 33.4 Å². The Morgan fingerprint density at radius 1 is 1.15 bits per heavy atom. The molecule has 0 spiro atoms. The van der Waals surface area contributed by atoms with E-state index in [1.54, 1.807) is 23.5 Å². The number of hydrogen-bond donors (Lipinski definition) is 0. The van der Waals surface area contributed by atoms with Crippen LogP contribution in [0.25, 0.3) is 10.7 Å². The number of thiophene rings is 1. The summed E-state index contributed by atoms with van der Waals surface area (Å²) < 4.78 is 19.1. The second-order valence-corrected chi connectivity index (χ2v) is 7.26. The fourth-order valence-corrected chi connectivity index (χ4v) is 3.79. The fourth-order valence-electron chi connectivity index (χ4n) is 3.14. The third-order valence-corrected chi connectivity index (χ3v) is 5.45. The van der Waals surface area contributed by atoms with E-state index in [2.05, 4.69) is 10.1 Å². The lowest BCUT2D eigenvalue weighted by Gasteiger charge is -2.36. The predicted molar refractivity (Wildman–Crippen MR) is 101 cm³/mol. The molecule has 0 radical (unpaired) electrons. The van der Waals surface area contributed by atoms with Crippen molar-refractivity contribution in [1.82, 2.24) is 15.0 Å². The van der Waals surface area contributed by atoms with Crippen LogP contribution >= 0.6 is 11.3 Å². The number of rotatable bonds is 5. The van der Waals surface area contributed by atoms with Gasteiger partial charge < -0.3 is 14.3 Å². The lowest BCUT2D eigenvalue weighted by molar-refractivity contribution is -0.131. The number of anilines is 1. The number of halogens is 1. The van der Waals surface area contributed by atoms with Gasteiger partial charge in [-0.1, -0.05) is 23.4 Å². The minimum absolute atomic E-state index is 0.0547. The van der Waals surface area contributed by atoms with Gasteiger partial charge in [0.2, 0.25) is 17.6 Å². The molecule has 1 fully saturated rings. The molecule has 0 bridgehead atoms. The topological polar surface area (TPSA) is 62.5 Å². The Hall–Kier alpha value is -2.74. The van der Waals surface area contributed by atoms with Gasteiger partial charge in [-0.2, -0.15) is 4.98 Å². The number of benzene rings is 1. The molecular formula is C19H19FN4O2S. The van der Waals surface area contributed by atoms with Gasteiger partial charge in [0.25, 0.3) is 0 Å². The Balaban J connectivity index is 1.28. The van der Waals surface area contributed by atoms with Crippen LogP contribution in [0.2, 0.25) is 0 Å². The first-order valence-corrected chi connectivity index (χ1v) is 9.72. The molecule has 140 valence electrons. The Labute approximate surface area is 160 Å². The third kappa shape index (κ3) is 4.00. The molecule has 1 aromatic carbocycles. The van der Waals surface area contributed by atoms with E-state index in [1.165, 1.54) is 6.07 Å². The van der Waals surface area contributed by atoms with Crippen LogP contribution in [0.1, 0.15) is 12.3 Å². The maximum Gasteiger partial charge on any atom is 0.227 e. The van der Waals surface area contributed by atoms with Crippen molar-refractivity contribution in [3.63, 3.8) is 0 Å². The van der Waals surface area contributed by atoms with Crippen LogP contribution in [0.4, 0.5) is 10.1 Å². The van der Waals surface area contributed by atoms with Crippen LogP contribution in [0.5, 0.6) is 0 Å². The smallest absolute Gasteiger partial charge is 0.227 e. The quantitative estimate of drug-likeness (QED) is 0.674. The first kappa shape index (κ1) is 17.7. The van der Waals surface area contributed by atoms with Gasteiger partial charge in [0, 0.05) is 39.0 Å². The Morgan fingerprint density at radius 3 is 2.70 bits per heavy atom. The van der Waals surface area contributed by atoms with E-state index in [0.717, 1.165) is 4.88 Å². The van der Waals surface area contributed by atoms with E-state index >= 15 is 0 Å². The van der Waals surface area contributed by atoms with Gasteiger partial charge in [-0.25, -0.2) is 4.39 Å². The summed E-state index contributed by atoms with van der Waals surface area (Å²) in [5.41, 5.74) is 0.594. The van der Waals surface area contributed by atoms with Crippen molar-refractivity contribution >= 4 is 22.9 Å². The van der Waals surface area contributed by atoms with E-state index in [9.17, 15) is 9.18 Å². The maximum absolute atomic E-state index is 13.9. The lowest BCUT2D eigenvalue weighted by Crippen LogP contribution is -2.49. The molecule has 1 amide bonds. The predicted octanol–water partition coefficient (Wildman–Crippen LogP) is 3.22. The number of hydrogen-bond acceptors (Lipinski definition) is 6. The first-order chi connectivity index (χ1) is 13.2. The monoisotopic (exact) mass is 386 g/mol. The molecule has 0 unspecified atom stereocenters. The molecule has 0 aliphatic carbocycles. The molecule has 0 N–H and O–H groups in total. The molecule has 1 aliphatic heterocycles. The molecule has 0 saturated carbocycles. The van der Waals surface area contributed by atoms with Crippen LogP contribution in [0.3, 0.4) is 0 Å². The number of amides is 1. The number of nitrogens with zero attached hydrogens (tertiary/aromatic N) is 4. The lowest BCUT2D eigenvalue weighted by atomic mass is 10.2. The zero-order chi connectivity index (χ0) is 18.6. The molecule has 1 saturated heterocycles. The van der Waals surface area contributed by atoms with Crippen LogP contribution in [0.15, 0.2) is 46.3 Å². The SMILES string of the molecule is O=C(CCc1nc(-c2cccs2)no1)N1CCN(c2ccccc2F)CC1. The summed E-state index contributed by atoms with van der Waals surface area (Å²) in [5, 5.41) is 5.91. The van der Waals surface area contributed by atoms with E-state index < -0.39 is 0 Å². The van der Waals surface area contributed by atoms with Crippen molar-refractivity contribution in [2.45, 2.75) is 12.8 Å². The molecule has 1 aliphatic rings. The summed E-state index contributed by atoms with van der Waals surface area (Å²) in [6.07, 6.45) is 0.747. The van der Waals surface area contributed by atoms with Crippen molar-refractivity contribution in [1.29, 1.82) is 0 Å². The summed E-state index contributed by atoms with van der Waals surface area (Å²) in [6, 6.07) is 10.6. The van der Waals surface area contributed by atoms with E-state index in [4.69, 9.17) is 4.52 Å². The highest BCUT2D eigenvalue weighted by Crippen LogP contribution is 2.22. The zero-order valence-electron chi connectivity index (χ0n) is 14.7. The highest BCUT2D eigenvalue weighted by molar-refractivity contribution is 7.13. The summed E-state index contributed by atoms with van der Waals surface area (Å²) in [6.45, 7) is 2.40. The number of aromatic nitrogens is 2. The third-order valence-electron chi connectivity index (χ3n) is 4.59. The number of carbonyl (C=O) groups is 1. The van der Waals surface area contributed by atoms with Gasteiger partial charge in [0.1, 0.15) is 5.82 Å². The van der Waals surface area contributed by atoms with Gasteiger partial charge in [-0.3, -0.25) is 4.79 Å². The molecule has 27 heavy (non-hydrogen) atoms. The summed E-state index contributed by atoms with van der Waals surface area (Å²) in [4.78, 5) is 21.5. The maximum atomic E-state index is 13.9. The van der Waals surface area contributed by atoms with Crippen LogP contribution in [-0.2, 0) is 11.2 Å². The van der Waals surface area contributed by atoms with Gasteiger partial charge >= 0.3 is 0 Å². The van der Waals surface area contributed by atoms with Crippen LogP contribution in [0, 0.1) is 5.82 Å². The Kier molecular flexibility index (Phi) is 5.15. The summed E-state index contributed by atoms with van der Waals surface area (Å²) in [5.74, 6) is 0.858. The van der Waals surface area contributed by atoms with Crippen molar-refractivity contribution in [3.05, 3.63) is 53.5 Å². The average molecular weight is 386 g/mol. The second-order valence-electron chi connectivity index (χ2n) is 6.31. The first-order valence-electron chi connectivity index (χ1n) is 8.84. The molecule has 2 aromatic heterocycles. The minimum Gasteiger partial charge on any atom is -0.366 e. The molecule has 8 heteroatoms. The molecule has 0 atom stereocenters. The number of piperazine rings is 1. The van der Waals surface area contributed by atoms with Crippen molar-refractivity contribution in [2.24, 2.45) is 0 Å². The number of aryl methyl sites for hydroxylation is 1. The normalized spacial score (nSPS) is 14.6. The van der Waals surface area contributed by atoms with Crippen molar-refractivity contribution < 1.29 is 13.7 Å². The minimum atomic E-state index is -0.227. The second kappa shape index (κ2) is 7.87. The van der Waals surface area contributed by atoms with Gasteiger partial charge in [-0.05, 0) is 23.6 Å². The molecular weight excluding hydrogens is 367 g/mol. The molecule has 4 rings (SSSR count). The molecule has 6 nitrogen and oxygen atoms in total. The fraction of sp³-hybridized carbons (Fsp3) is 0.316. The largest absolute Gasteiger partial charge is 0.366 e. The molecule has 3 aromatic rings. The summed E-state index contributed by atoms with van der Waals surface area (Å²) >= 11 is 1.54. The number of para-hydroxylation sites is 1. The van der Waals surface area contributed by atoms with Crippen molar-refractivity contribution in [3.8, 4) is 10.7 Å². The Bertz CT molecular complexity index is 904. The highest BCUT2D eigenvalue weighted by Gasteiger charge is 2.23. The van der Waals surface area contributed by atoms with E-state index in [-0.39, 0.29) is 11.7 Å². The average Bonchev–Trinajstić information content (AvgIpc) is 3.38. The van der Waals surface area contributed by atoms with E-state index in [0.29, 0.717) is 56.4 Å². The summed E-state index contributed by atoms with van der Waals surface area (Å²) in [7, 11) is 0. The molecule has 3 heterocycles. The Morgan fingerprint density at radius 2 is 1.96 bits per heavy atom. The van der Waals surface area contributed by atoms with Gasteiger partial charge in [0.15, 0.2) is 0 Å². The van der Waals surface area contributed by atoms with Crippen molar-refractivity contribution in [2.75, 3.05) is 31.1 Å². The highest BCUT2D eigenvalue weighted by atomic mass is 32.1. The van der Waals surface area contributed by atoms with Gasteiger partial charge in [-0.15, -0.1) is 11.3 Å². The standard InChI is InChI=1S/C19H19FN4O2S/c20-14-4-1-2-5-15(14)23-9-11-24(12-10-23)18(25)8-7-17-21-19(22-26-17)16-6-3-13-27-16/h1-6,13H,7-12H2. The van der Waals surface area contributed by atoms with Gasteiger partial charge in [0.05, 0.1) is 10.6 Å². The zero-order valence-corrected chi connectivity index (χ0v) is 15.5.